The fourth-order valence-electron chi connectivity index (χ4n) is 5.74. The summed E-state index contributed by atoms with van der Waals surface area (Å²) in [5.74, 6) is 0.350. The number of para-hydroxylation sites is 1. The second-order valence-electron chi connectivity index (χ2n) is 10.4. The molecule has 7 rings (SSSR count). The quantitative estimate of drug-likeness (QED) is 0.275. The monoisotopic (exact) mass is 484 g/mol. The molecule has 0 bridgehead atoms. The number of pyridine rings is 1. The van der Waals surface area contributed by atoms with Gasteiger partial charge in [0.15, 0.2) is 17.3 Å². The van der Waals surface area contributed by atoms with Crippen molar-refractivity contribution in [3.05, 3.63) is 113 Å². The molecular formula is C32H24N2O3. The number of carbonyl (C=O) groups is 2. The summed E-state index contributed by atoms with van der Waals surface area (Å²) in [7, 11) is 0. The third-order valence-electron chi connectivity index (χ3n) is 7.75. The Morgan fingerprint density at radius 1 is 0.811 bits per heavy atom. The lowest BCUT2D eigenvalue weighted by atomic mass is 9.83. The van der Waals surface area contributed by atoms with Gasteiger partial charge < -0.3 is 9.73 Å². The summed E-state index contributed by atoms with van der Waals surface area (Å²) in [5.41, 5.74) is 5.54. The Morgan fingerprint density at radius 3 is 2.14 bits per heavy atom. The fourth-order valence-corrected chi connectivity index (χ4v) is 5.74. The van der Waals surface area contributed by atoms with Crippen molar-refractivity contribution in [1.82, 2.24) is 4.98 Å². The number of nitrogens with one attached hydrogen (secondary N) is 1. The SMILES string of the molecule is CC1(C)c2cc(Nc3ccccc3)cnc2-c2oc(CC3C(=O)c4cc5ccccc5cc4C3=O)cc21. The predicted molar refractivity (Wildman–Crippen MR) is 144 cm³/mol. The first-order chi connectivity index (χ1) is 17.9. The van der Waals surface area contributed by atoms with E-state index in [1.54, 1.807) is 0 Å². The Bertz CT molecular complexity index is 1690. The topological polar surface area (TPSA) is 72.2 Å². The Balaban J connectivity index is 1.19. The van der Waals surface area contributed by atoms with Crippen molar-refractivity contribution in [2.45, 2.75) is 25.7 Å². The van der Waals surface area contributed by atoms with Crippen molar-refractivity contribution < 1.29 is 14.0 Å². The van der Waals surface area contributed by atoms with Crippen molar-refractivity contribution in [3.63, 3.8) is 0 Å². The first kappa shape index (κ1) is 21.7. The molecule has 5 aromatic rings. The fraction of sp³-hybridized carbons (Fsp3) is 0.156. The van der Waals surface area contributed by atoms with Gasteiger partial charge in [0.05, 0.1) is 17.8 Å². The number of carbonyl (C=O) groups excluding carboxylic acids is 2. The molecule has 1 N–H and O–H groups in total. The van der Waals surface area contributed by atoms with Gasteiger partial charge in [0.2, 0.25) is 0 Å². The van der Waals surface area contributed by atoms with Crippen molar-refractivity contribution in [3.8, 4) is 11.5 Å². The van der Waals surface area contributed by atoms with Gasteiger partial charge in [-0.2, -0.15) is 0 Å². The minimum Gasteiger partial charge on any atom is -0.459 e. The van der Waals surface area contributed by atoms with Crippen LogP contribution in [0.3, 0.4) is 0 Å². The van der Waals surface area contributed by atoms with E-state index >= 15 is 0 Å². The highest BCUT2D eigenvalue weighted by molar-refractivity contribution is 6.27. The highest BCUT2D eigenvalue weighted by Gasteiger charge is 2.43. The number of aromatic nitrogens is 1. The van der Waals surface area contributed by atoms with Gasteiger partial charge in [-0.1, -0.05) is 56.3 Å². The number of ketones is 2. The van der Waals surface area contributed by atoms with Gasteiger partial charge in [-0.15, -0.1) is 0 Å². The van der Waals surface area contributed by atoms with E-state index in [1.165, 1.54) is 0 Å². The molecule has 2 aliphatic rings. The molecule has 5 nitrogen and oxygen atoms in total. The minimum atomic E-state index is -0.758. The van der Waals surface area contributed by atoms with E-state index in [9.17, 15) is 9.59 Å². The molecular weight excluding hydrogens is 460 g/mol. The van der Waals surface area contributed by atoms with Crippen molar-refractivity contribution in [2.75, 3.05) is 5.32 Å². The van der Waals surface area contributed by atoms with Crippen LogP contribution in [0.1, 0.15) is 51.5 Å². The molecule has 3 aromatic carbocycles. The summed E-state index contributed by atoms with van der Waals surface area (Å²) >= 11 is 0. The normalized spacial score (nSPS) is 15.6. The molecule has 0 atom stereocenters. The van der Waals surface area contributed by atoms with Crippen LogP contribution in [-0.4, -0.2) is 16.6 Å². The zero-order valence-electron chi connectivity index (χ0n) is 20.5. The summed E-state index contributed by atoms with van der Waals surface area (Å²) < 4.78 is 6.29. The Hall–Kier alpha value is -4.51. The Labute approximate surface area is 214 Å². The third kappa shape index (κ3) is 3.27. The summed E-state index contributed by atoms with van der Waals surface area (Å²) in [4.78, 5) is 31.3. The molecule has 0 spiro atoms. The van der Waals surface area contributed by atoms with Gasteiger partial charge in [-0.05, 0) is 52.7 Å². The van der Waals surface area contributed by atoms with Crippen LogP contribution in [0.5, 0.6) is 0 Å². The largest absolute Gasteiger partial charge is 0.459 e. The molecule has 180 valence electrons. The van der Waals surface area contributed by atoms with E-state index in [0.29, 0.717) is 16.9 Å². The second kappa shape index (κ2) is 7.74. The number of anilines is 2. The van der Waals surface area contributed by atoms with Gasteiger partial charge in [-0.3, -0.25) is 14.6 Å². The number of fused-ring (bicyclic) bond motifs is 5. The average molecular weight is 485 g/mol. The van der Waals surface area contributed by atoms with Crippen LogP contribution in [0.4, 0.5) is 11.4 Å². The van der Waals surface area contributed by atoms with Crippen molar-refractivity contribution in [2.24, 2.45) is 5.92 Å². The van der Waals surface area contributed by atoms with Crippen LogP contribution in [0.25, 0.3) is 22.2 Å². The number of hydrogen-bond acceptors (Lipinski definition) is 5. The van der Waals surface area contributed by atoms with E-state index in [1.807, 2.05) is 79.0 Å². The van der Waals surface area contributed by atoms with Gasteiger partial charge >= 0.3 is 0 Å². The zero-order valence-corrected chi connectivity index (χ0v) is 20.5. The van der Waals surface area contributed by atoms with E-state index in [-0.39, 0.29) is 23.4 Å². The molecule has 5 heteroatoms. The molecule has 2 aromatic heterocycles. The molecule has 2 aliphatic carbocycles. The Morgan fingerprint density at radius 2 is 1.46 bits per heavy atom. The van der Waals surface area contributed by atoms with E-state index in [0.717, 1.165) is 44.7 Å². The highest BCUT2D eigenvalue weighted by Crippen LogP contribution is 2.50. The van der Waals surface area contributed by atoms with Crippen LogP contribution in [0, 0.1) is 5.92 Å². The van der Waals surface area contributed by atoms with Crippen LogP contribution in [0.15, 0.2) is 89.5 Å². The van der Waals surface area contributed by atoms with Gasteiger partial charge in [0.1, 0.15) is 11.5 Å². The van der Waals surface area contributed by atoms with Crippen LogP contribution in [0.2, 0.25) is 0 Å². The Kier molecular flexibility index (Phi) is 4.55. The predicted octanol–water partition coefficient (Wildman–Crippen LogP) is 7.12. The van der Waals surface area contributed by atoms with Crippen LogP contribution < -0.4 is 5.32 Å². The number of rotatable bonds is 4. The van der Waals surface area contributed by atoms with Crippen LogP contribution in [-0.2, 0) is 11.8 Å². The molecule has 0 saturated heterocycles. The molecule has 0 aliphatic heterocycles. The lowest BCUT2D eigenvalue weighted by molar-refractivity contribution is 0.0833. The lowest BCUT2D eigenvalue weighted by Gasteiger charge is -2.20. The van der Waals surface area contributed by atoms with Crippen molar-refractivity contribution >= 4 is 33.7 Å². The number of Topliss-reactive ketones (excluding diaryl/α,β-unsaturated/α-hetero) is 2. The van der Waals surface area contributed by atoms with Gasteiger partial charge in [0, 0.05) is 34.2 Å². The minimum absolute atomic E-state index is 0.128. The summed E-state index contributed by atoms with van der Waals surface area (Å²) in [6, 6.07) is 25.6. The summed E-state index contributed by atoms with van der Waals surface area (Å²) in [5, 5.41) is 5.34. The molecule has 37 heavy (non-hydrogen) atoms. The van der Waals surface area contributed by atoms with E-state index in [4.69, 9.17) is 9.40 Å². The van der Waals surface area contributed by atoms with Gasteiger partial charge in [0.25, 0.3) is 0 Å². The second-order valence-corrected chi connectivity index (χ2v) is 10.4. The number of benzene rings is 3. The van der Waals surface area contributed by atoms with E-state index < -0.39 is 5.92 Å². The summed E-state index contributed by atoms with van der Waals surface area (Å²) in [6.45, 7) is 4.30. The molecule has 0 radical (unpaired) electrons. The molecule has 0 saturated carbocycles. The third-order valence-corrected chi connectivity index (χ3v) is 7.75. The van der Waals surface area contributed by atoms with Crippen molar-refractivity contribution in [1.29, 1.82) is 0 Å². The molecule has 0 amide bonds. The molecule has 2 heterocycles. The van der Waals surface area contributed by atoms with Gasteiger partial charge in [-0.25, -0.2) is 0 Å². The maximum absolute atomic E-state index is 13.3. The first-order valence-corrected chi connectivity index (χ1v) is 12.5. The maximum atomic E-state index is 13.3. The summed E-state index contributed by atoms with van der Waals surface area (Å²) in [6.07, 6.45) is 2.05. The highest BCUT2D eigenvalue weighted by atomic mass is 16.3. The molecule has 0 fully saturated rings. The smallest absolute Gasteiger partial charge is 0.174 e. The maximum Gasteiger partial charge on any atom is 0.174 e. The lowest BCUT2D eigenvalue weighted by Crippen LogP contribution is -2.18. The standard InChI is InChI=1S/C32H24N2O3/c1-32(2)26-14-21(34-20-10-4-3-5-11-20)17-33-28(26)31-27(32)16-22(37-31)15-25-29(35)23-12-18-8-6-7-9-19(18)13-24(23)30(25)36/h3-14,16-17,25,34H,15H2,1-2H3. The average Bonchev–Trinajstić information content (AvgIpc) is 3.50. The number of nitrogens with zero attached hydrogens (tertiary/aromatic N) is 1. The number of hydrogen-bond donors (Lipinski definition) is 1. The first-order valence-electron chi connectivity index (χ1n) is 12.5. The molecule has 0 unspecified atom stereocenters. The van der Waals surface area contributed by atoms with Crippen LogP contribution >= 0.6 is 0 Å². The number of furan rings is 1. The zero-order chi connectivity index (χ0) is 25.3. The van der Waals surface area contributed by atoms with E-state index in [2.05, 4.69) is 25.2 Å².